The molecule has 1 aliphatic heterocycles. The Labute approximate surface area is 267 Å². The molecule has 1 unspecified atom stereocenters. The van der Waals surface area contributed by atoms with Crippen molar-refractivity contribution in [1.82, 2.24) is 19.6 Å². The third kappa shape index (κ3) is 5.86. The van der Waals surface area contributed by atoms with Gasteiger partial charge in [0.05, 0.1) is 21.9 Å². The number of rotatable bonds is 7. The number of benzene rings is 3. The smallest absolute Gasteiger partial charge is 0.315 e. The second kappa shape index (κ2) is 12.6. The van der Waals surface area contributed by atoms with E-state index in [9.17, 15) is 9.59 Å². The molecule has 10 heteroatoms. The maximum absolute atomic E-state index is 14.2. The zero-order chi connectivity index (χ0) is 30.9. The van der Waals surface area contributed by atoms with Gasteiger partial charge in [-0.1, -0.05) is 84.2 Å². The lowest BCUT2D eigenvalue weighted by Gasteiger charge is -2.50. The van der Waals surface area contributed by atoms with E-state index < -0.39 is 11.6 Å². The Hall–Kier alpha value is -3.52. The van der Waals surface area contributed by atoms with E-state index in [2.05, 4.69) is 0 Å². The van der Waals surface area contributed by atoms with Crippen molar-refractivity contribution in [3.05, 3.63) is 105 Å². The van der Waals surface area contributed by atoms with Gasteiger partial charge in [-0.05, 0) is 69.0 Å². The molecule has 1 fully saturated rings. The van der Waals surface area contributed by atoms with Crippen LogP contribution >= 0.6 is 34.8 Å². The molecule has 1 saturated heterocycles. The summed E-state index contributed by atoms with van der Waals surface area (Å²) in [5.74, 6) is -0.188. The van der Waals surface area contributed by atoms with Crippen molar-refractivity contribution >= 4 is 46.7 Å². The van der Waals surface area contributed by atoms with Gasteiger partial charge >= 0.3 is 6.03 Å². The average molecular weight is 639 g/mol. The quantitative estimate of drug-likeness (QED) is 0.222. The normalized spacial score (nSPS) is 15.3. The monoisotopic (exact) mass is 637 g/mol. The summed E-state index contributed by atoms with van der Waals surface area (Å²) in [7, 11) is 0. The fraction of sp³-hybridized carbons (Fsp3) is 0.303. The molecule has 3 amide bonds. The van der Waals surface area contributed by atoms with Gasteiger partial charge in [0.15, 0.2) is 5.69 Å². The number of halogens is 3. The molecule has 2 N–H and O–H groups in total. The highest BCUT2D eigenvalue weighted by atomic mass is 35.5. The van der Waals surface area contributed by atoms with Crippen LogP contribution in [0.4, 0.5) is 4.79 Å². The first-order valence-corrected chi connectivity index (χ1v) is 15.4. The average Bonchev–Trinajstić information content (AvgIpc) is 3.34. The van der Waals surface area contributed by atoms with Crippen LogP contribution in [-0.4, -0.2) is 50.6 Å². The summed E-state index contributed by atoms with van der Waals surface area (Å²) in [4.78, 5) is 30.6. The molecule has 1 atom stereocenters. The van der Waals surface area contributed by atoms with Gasteiger partial charge in [0.2, 0.25) is 0 Å². The highest BCUT2D eigenvalue weighted by Gasteiger charge is 2.46. The predicted octanol–water partition coefficient (Wildman–Crippen LogP) is 8.12. The number of aromatic nitrogens is 2. The van der Waals surface area contributed by atoms with E-state index in [0.717, 1.165) is 28.8 Å². The Morgan fingerprint density at radius 2 is 1.60 bits per heavy atom. The summed E-state index contributed by atoms with van der Waals surface area (Å²) < 4.78 is 1.69. The van der Waals surface area contributed by atoms with Gasteiger partial charge in [-0.15, -0.1) is 0 Å². The highest BCUT2D eigenvalue weighted by Crippen LogP contribution is 2.41. The Balaban J connectivity index is 1.53. The molecule has 5 rings (SSSR count). The first-order chi connectivity index (χ1) is 20.6. The Morgan fingerprint density at radius 3 is 2.19 bits per heavy atom. The van der Waals surface area contributed by atoms with Crippen molar-refractivity contribution in [1.29, 1.82) is 0 Å². The van der Waals surface area contributed by atoms with E-state index in [1.807, 2.05) is 73.0 Å². The van der Waals surface area contributed by atoms with E-state index in [-0.39, 0.29) is 11.9 Å². The number of hydrogen-bond acceptors (Lipinski definition) is 3. The number of amides is 3. The second-order valence-corrected chi connectivity index (χ2v) is 12.3. The third-order valence-corrected chi connectivity index (χ3v) is 9.29. The molecule has 43 heavy (non-hydrogen) atoms. The number of carbonyl (C=O) groups excluding carboxylic acids is 2. The van der Waals surface area contributed by atoms with Gasteiger partial charge in [0.25, 0.3) is 5.91 Å². The molecule has 224 valence electrons. The molecule has 0 bridgehead atoms. The number of piperidine rings is 1. The SMILES string of the molecule is CCC(C)N(C(N)=O)C1(c2ccccc2)CCN(C(=O)c2nn(-c3ccc(Cl)cc3Cl)c(-c3ccc(Cl)cc3)c2C)CC1. The molecule has 2 heterocycles. The van der Waals surface area contributed by atoms with Gasteiger partial charge in [0, 0.05) is 40.3 Å². The van der Waals surface area contributed by atoms with Crippen LogP contribution in [-0.2, 0) is 5.54 Å². The van der Waals surface area contributed by atoms with Crippen LogP contribution in [0.1, 0.15) is 54.7 Å². The van der Waals surface area contributed by atoms with Crippen molar-refractivity contribution < 1.29 is 9.59 Å². The van der Waals surface area contributed by atoms with Crippen molar-refractivity contribution in [3.63, 3.8) is 0 Å². The molecule has 1 aromatic heterocycles. The molecule has 0 saturated carbocycles. The van der Waals surface area contributed by atoms with Gasteiger partial charge < -0.3 is 15.5 Å². The fourth-order valence-electron chi connectivity index (χ4n) is 6.15. The number of primary amides is 1. The van der Waals surface area contributed by atoms with Crippen molar-refractivity contribution in [2.24, 2.45) is 5.73 Å². The molecular formula is C33H34Cl3N5O2. The first-order valence-electron chi connectivity index (χ1n) is 14.3. The number of nitrogens with zero attached hydrogens (tertiary/aromatic N) is 4. The van der Waals surface area contributed by atoms with Crippen LogP contribution in [0.15, 0.2) is 72.8 Å². The van der Waals surface area contributed by atoms with Gasteiger partial charge in [-0.3, -0.25) is 4.79 Å². The second-order valence-electron chi connectivity index (χ2n) is 11.0. The summed E-state index contributed by atoms with van der Waals surface area (Å²) in [6.07, 6.45) is 1.85. The Kier molecular flexibility index (Phi) is 9.07. The van der Waals surface area contributed by atoms with E-state index in [4.69, 9.17) is 45.6 Å². The van der Waals surface area contributed by atoms with E-state index in [1.165, 1.54) is 0 Å². The largest absolute Gasteiger partial charge is 0.351 e. The molecule has 4 aromatic rings. The molecule has 0 spiro atoms. The van der Waals surface area contributed by atoms with Crippen LogP contribution in [0.25, 0.3) is 16.9 Å². The number of likely N-dealkylation sites (tertiary alicyclic amines) is 1. The summed E-state index contributed by atoms with van der Waals surface area (Å²) in [5.41, 5.74) is 9.62. The number of carbonyl (C=O) groups is 2. The Bertz CT molecular complexity index is 1630. The van der Waals surface area contributed by atoms with Gasteiger partial charge in [-0.25, -0.2) is 9.48 Å². The zero-order valence-corrected chi connectivity index (χ0v) is 26.6. The van der Waals surface area contributed by atoms with Crippen molar-refractivity contribution in [3.8, 4) is 16.9 Å². The number of hydrogen-bond donors (Lipinski definition) is 1. The molecule has 7 nitrogen and oxygen atoms in total. The maximum atomic E-state index is 14.2. The first kappa shape index (κ1) is 30.9. The lowest BCUT2D eigenvalue weighted by molar-refractivity contribution is 0.0219. The molecule has 0 aliphatic carbocycles. The predicted molar refractivity (Wildman–Crippen MR) is 173 cm³/mol. The van der Waals surface area contributed by atoms with Crippen LogP contribution in [0.5, 0.6) is 0 Å². The van der Waals surface area contributed by atoms with Crippen LogP contribution < -0.4 is 5.73 Å². The minimum absolute atomic E-state index is 0.0658. The minimum Gasteiger partial charge on any atom is -0.351 e. The Morgan fingerprint density at radius 1 is 0.977 bits per heavy atom. The highest BCUT2D eigenvalue weighted by molar-refractivity contribution is 6.35. The summed E-state index contributed by atoms with van der Waals surface area (Å²) in [6.45, 7) is 6.81. The van der Waals surface area contributed by atoms with Crippen LogP contribution in [0, 0.1) is 6.92 Å². The lowest BCUT2D eigenvalue weighted by atomic mass is 9.78. The number of urea groups is 1. The molecule has 0 radical (unpaired) electrons. The summed E-state index contributed by atoms with van der Waals surface area (Å²) in [5, 5.41) is 6.34. The summed E-state index contributed by atoms with van der Waals surface area (Å²) in [6, 6.07) is 22.0. The summed E-state index contributed by atoms with van der Waals surface area (Å²) >= 11 is 19.0. The van der Waals surface area contributed by atoms with E-state index in [1.54, 1.807) is 35.0 Å². The molecular weight excluding hydrogens is 605 g/mol. The van der Waals surface area contributed by atoms with Crippen LogP contribution in [0.3, 0.4) is 0 Å². The van der Waals surface area contributed by atoms with Gasteiger partial charge in [0.1, 0.15) is 0 Å². The standard InChI is InChI=1S/C33H34Cl3N5O2/c1-4-21(2)40(32(37)43)33(24-8-6-5-7-9-24)16-18-39(19-17-33)31(42)29-22(3)30(23-10-12-25(34)13-11-23)41(38-29)28-15-14-26(35)20-27(28)36/h5-15,20-21H,4,16-19H2,1-3H3,(H2,37,43). The maximum Gasteiger partial charge on any atom is 0.315 e. The van der Waals surface area contributed by atoms with Crippen molar-refractivity contribution in [2.75, 3.05) is 13.1 Å². The van der Waals surface area contributed by atoms with E-state index >= 15 is 0 Å². The van der Waals surface area contributed by atoms with E-state index in [0.29, 0.717) is 52.4 Å². The molecule has 1 aliphatic rings. The number of nitrogens with two attached hydrogens (primary N) is 1. The molecule has 3 aromatic carbocycles. The minimum atomic E-state index is -0.626. The topological polar surface area (TPSA) is 84.5 Å². The van der Waals surface area contributed by atoms with Gasteiger partial charge in [-0.2, -0.15) is 5.10 Å². The van der Waals surface area contributed by atoms with Crippen molar-refractivity contribution in [2.45, 2.75) is 51.6 Å². The fourth-order valence-corrected chi connectivity index (χ4v) is 6.77. The lowest BCUT2D eigenvalue weighted by Crippen LogP contribution is -2.60. The van der Waals surface area contributed by atoms with Crippen LogP contribution in [0.2, 0.25) is 15.1 Å². The zero-order valence-electron chi connectivity index (χ0n) is 24.4. The third-order valence-electron chi connectivity index (χ3n) is 8.50.